The lowest BCUT2D eigenvalue weighted by Crippen LogP contribution is -2.41. The highest BCUT2D eigenvalue weighted by atomic mass is 127. The lowest BCUT2D eigenvalue weighted by atomic mass is 9.77. The number of nitrogens with zero attached hydrogens (tertiary/aromatic N) is 5. The molecule has 764 valence electrons. The highest BCUT2D eigenvalue weighted by molar-refractivity contribution is 14.1. The van der Waals surface area contributed by atoms with Gasteiger partial charge in [0.25, 0.3) is 0 Å². The van der Waals surface area contributed by atoms with E-state index in [1.54, 1.807) is 140 Å². The van der Waals surface area contributed by atoms with Crippen LogP contribution in [-0.4, -0.2) is 203 Å². The molecule has 5 amide bonds. The maximum atomic E-state index is 11.9. The van der Waals surface area contributed by atoms with Gasteiger partial charge in [-0.15, -0.1) is 0 Å². The zero-order valence-corrected chi connectivity index (χ0v) is 93.1. The molecule has 1 saturated heterocycles. The molecule has 0 spiro atoms. The predicted molar refractivity (Wildman–Crippen MR) is 584 cm³/mol. The number of rotatable bonds is 21. The highest BCUT2D eigenvalue weighted by Gasteiger charge is 2.52. The Balaban J connectivity index is 0.000000328. The number of aliphatic hydroxyl groups excluding tert-OH is 3. The van der Waals surface area contributed by atoms with Crippen molar-refractivity contribution >= 4 is 204 Å². The second kappa shape index (κ2) is 67.1. The predicted octanol–water partition coefficient (Wildman–Crippen LogP) is 27.2. The Labute approximate surface area is 902 Å². The topological polar surface area (TPSA) is 286 Å². The first kappa shape index (κ1) is 125. The van der Waals surface area contributed by atoms with E-state index in [4.69, 9.17) is 179 Å². The Morgan fingerprint density at radius 3 is 1.26 bits per heavy atom. The van der Waals surface area contributed by atoms with E-state index in [2.05, 4.69) is 57.0 Å². The summed E-state index contributed by atoms with van der Waals surface area (Å²) in [5.74, 6) is 10.1. The van der Waals surface area contributed by atoms with E-state index in [0.29, 0.717) is 155 Å². The number of carbonyl (C=O) groups is 5. The molecule has 24 nitrogen and oxygen atoms in total. The average Bonchev–Trinajstić information content (AvgIpc) is 1.61. The number of aromatic hydroxyl groups is 2. The SMILES string of the molecule is CC1(C)OB(c2ccc3c(c2Cl)CCCO3)OC1(C)C.CCN(CC)C(=O)Cl.CCN(CC)C(=O)Oc1cccc(Cl)c1.CCN(CC)C(=O)Oc1cccc(Cl)c1C#CCO.CCN(CC)C(=O)Oc1cccc(Cl)c1CCCO.CCN(CC)C(=O)Oc1cccc(Cl)c1I.Clc1c(I)ccc2c1CCCO2.Clc1cccc2c1CCCO2.OCCCc1c(O)cccc1Cl.Oc1cccc(Cl)c1. The molecular formula is C103H126BCl10I2N5O19. The molecule has 4 aliphatic rings. The first-order valence-electron chi connectivity index (χ1n) is 45.9. The Kier molecular flexibility index (Phi) is 59.7. The van der Waals surface area contributed by atoms with Crippen LogP contribution in [0.5, 0.6) is 51.7 Å². The standard InChI is InChI=1S/C15H20BClO3.C14H20ClNO3.C14H16ClNO3.C11H13ClINO2.C11H14ClNO2.C9H8ClIO.C9H11ClO2.C9H9ClO.C6H5ClO.C5H10ClNO/c1-14(2)15(3,4)20-16(19-14)11-7-8-12-10(13(11)17)6-5-9-18-12;2*1-3-16(4-2)14(18)19-13-9-5-8-12(15)11(13)7-6-10-17;1-3-14(4-2)11(15)16-9-7-5-6-8(12)10(9)13;1-3-13(4-2)11(14)15-10-7-5-6-9(12)8-10;10-9-6-2-1-5-12-8(6)4-3-7(9)11;10-8-4-1-5-9(12)7(8)3-2-6-11;10-8-4-1-5-9-7(8)3-2-6-11-9;7-5-2-1-3-6(8)4-5;1-3-7(4-2)5(6)8/h7-8H,5-6,9H2,1-4H3;5,8-9,17H,3-4,6-7,10H2,1-2H3;5,8-9,17H,3-4,10H2,1-2H3;5-7H,3-4H2,1-2H3;5-8H,3-4H2,1-2H3;3-4H,1-2,5H2;1,4-5,11-12H,2-3,6H2;1,4-5H,2-3,6H2;1-4,8H;3-4H2,1-2H3. The van der Waals surface area contributed by atoms with Gasteiger partial charge in [0.2, 0.25) is 0 Å². The third kappa shape index (κ3) is 41.8. The lowest BCUT2D eigenvalue weighted by molar-refractivity contribution is 0.00578. The van der Waals surface area contributed by atoms with Crippen molar-refractivity contribution in [3.8, 4) is 63.6 Å². The summed E-state index contributed by atoms with van der Waals surface area (Å²) >= 11 is 63.2. The molecule has 9 aromatic rings. The molecule has 0 atom stereocenters. The van der Waals surface area contributed by atoms with Gasteiger partial charge in [-0.1, -0.05) is 165 Å². The summed E-state index contributed by atoms with van der Waals surface area (Å²) in [6.45, 7) is 35.7. The van der Waals surface area contributed by atoms with Gasteiger partial charge in [0, 0.05) is 146 Å². The van der Waals surface area contributed by atoms with E-state index < -0.39 is 13.2 Å². The number of amides is 5. The molecule has 5 N–H and O–H groups in total. The zero-order chi connectivity index (χ0) is 104. The lowest BCUT2D eigenvalue weighted by Gasteiger charge is -2.32. The second-order valence-electron chi connectivity index (χ2n) is 31.2. The molecule has 0 bridgehead atoms. The van der Waals surface area contributed by atoms with Crippen LogP contribution in [0.4, 0.5) is 24.0 Å². The molecular weight excluding hydrogens is 2230 g/mol. The van der Waals surface area contributed by atoms with Crippen molar-refractivity contribution in [3.05, 3.63) is 250 Å². The van der Waals surface area contributed by atoms with Gasteiger partial charge in [-0.3, -0.25) is 4.79 Å². The summed E-state index contributed by atoms with van der Waals surface area (Å²) in [7, 11) is -0.417. The number of halogens is 12. The number of carbonyl (C=O) groups excluding carboxylic acids is 5. The Morgan fingerprint density at radius 2 is 0.814 bits per heavy atom. The molecule has 4 heterocycles. The van der Waals surface area contributed by atoms with E-state index in [9.17, 15) is 29.1 Å². The molecule has 4 aliphatic heterocycles. The summed E-state index contributed by atoms with van der Waals surface area (Å²) < 4.78 is 51.6. The van der Waals surface area contributed by atoms with Crippen LogP contribution in [0.2, 0.25) is 45.2 Å². The van der Waals surface area contributed by atoms with E-state index in [0.717, 1.165) is 114 Å². The maximum Gasteiger partial charge on any atom is 0.496 e. The minimum atomic E-state index is -0.445. The Morgan fingerprint density at radius 1 is 0.421 bits per heavy atom. The summed E-state index contributed by atoms with van der Waals surface area (Å²) in [4.78, 5) is 65.2. The van der Waals surface area contributed by atoms with Gasteiger partial charge in [-0.2, -0.15) is 0 Å². The third-order valence-corrected chi connectivity index (χ3v) is 27.4. The number of phenols is 2. The summed E-state index contributed by atoms with van der Waals surface area (Å²) in [5, 5.41) is 49.5. The first-order chi connectivity index (χ1) is 66.8. The fourth-order valence-electron chi connectivity index (χ4n) is 12.9. The number of hydrogen-bond donors (Lipinski definition) is 5. The molecule has 13 rings (SSSR count). The molecule has 0 aromatic heterocycles. The monoisotopic (exact) mass is 2350 g/mol. The number of aliphatic hydroxyl groups is 3. The molecule has 37 heteroatoms. The van der Waals surface area contributed by atoms with Gasteiger partial charge in [0.05, 0.1) is 55.2 Å². The Hall–Kier alpha value is -7.69. The summed E-state index contributed by atoms with van der Waals surface area (Å²) in [6.07, 6.45) is 7.09. The normalized spacial score (nSPS) is 12.6. The van der Waals surface area contributed by atoms with Crippen LogP contribution in [0.15, 0.2) is 164 Å². The second-order valence-corrected chi connectivity index (χ2v) is 37.4. The van der Waals surface area contributed by atoms with Gasteiger partial charge in [-0.05, 0) is 333 Å². The number of fused-ring (bicyclic) bond motifs is 3. The van der Waals surface area contributed by atoms with E-state index in [-0.39, 0.29) is 66.2 Å². The van der Waals surface area contributed by atoms with Crippen molar-refractivity contribution in [1.29, 1.82) is 0 Å². The van der Waals surface area contributed by atoms with Crippen molar-refractivity contribution in [2.45, 2.75) is 172 Å². The van der Waals surface area contributed by atoms with Gasteiger partial charge in [0.1, 0.15) is 58.4 Å². The molecule has 1 fully saturated rings. The van der Waals surface area contributed by atoms with Crippen LogP contribution >= 0.6 is 161 Å². The van der Waals surface area contributed by atoms with Crippen LogP contribution in [0.1, 0.15) is 162 Å². The molecule has 0 aliphatic carbocycles. The van der Waals surface area contributed by atoms with Crippen LogP contribution in [0.3, 0.4) is 0 Å². The number of phenolic OH excluding ortho intramolecular Hbond substituents is 2. The van der Waals surface area contributed by atoms with Crippen molar-refractivity contribution in [3.63, 3.8) is 0 Å². The van der Waals surface area contributed by atoms with E-state index in [1.165, 1.54) is 17.2 Å². The Bertz CT molecular complexity index is 5360. The fraction of sp³-hybridized carbons (Fsp3) is 0.408. The largest absolute Gasteiger partial charge is 0.508 e. The summed E-state index contributed by atoms with van der Waals surface area (Å²) in [6, 6.07) is 47.4. The van der Waals surface area contributed by atoms with Crippen LogP contribution < -0.4 is 38.6 Å². The fourth-order valence-corrected chi connectivity index (χ4v) is 16.3. The van der Waals surface area contributed by atoms with Crippen LogP contribution in [0.25, 0.3) is 0 Å². The van der Waals surface area contributed by atoms with E-state index >= 15 is 0 Å². The number of benzene rings is 9. The zero-order valence-electron chi connectivity index (χ0n) is 81.3. The quantitative estimate of drug-likeness (QED) is 0.0147. The first-order valence-corrected chi connectivity index (χ1v) is 51.8. The van der Waals surface area contributed by atoms with Crippen LogP contribution in [-0.2, 0) is 41.4 Å². The van der Waals surface area contributed by atoms with Gasteiger partial charge < -0.3 is 92.5 Å². The molecule has 9 aromatic carbocycles. The molecule has 0 radical (unpaired) electrons. The van der Waals surface area contributed by atoms with E-state index in [1.807, 2.05) is 139 Å². The number of ether oxygens (including phenoxy) is 7. The van der Waals surface area contributed by atoms with Crippen molar-refractivity contribution in [2.24, 2.45) is 0 Å². The average molecular weight is 2360 g/mol. The highest BCUT2D eigenvalue weighted by Crippen LogP contribution is 2.41. The third-order valence-electron chi connectivity index (χ3n) is 21.5. The molecule has 0 saturated carbocycles. The minimum absolute atomic E-state index is 0.0780. The van der Waals surface area contributed by atoms with Crippen molar-refractivity contribution < 1.29 is 92.0 Å². The van der Waals surface area contributed by atoms with Gasteiger partial charge in [0.15, 0.2) is 0 Å². The maximum absolute atomic E-state index is 11.9. The molecule has 140 heavy (non-hydrogen) atoms. The summed E-state index contributed by atoms with van der Waals surface area (Å²) in [5.41, 5.74) is 5.49. The number of hydrogen-bond acceptors (Lipinski definition) is 19. The smallest absolute Gasteiger partial charge is 0.496 e. The van der Waals surface area contributed by atoms with Gasteiger partial charge >= 0.3 is 36.9 Å². The van der Waals surface area contributed by atoms with Crippen LogP contribution in [0, 0.1) is 19.0 Å². The van der Waals surface area contributed by atoms with Gasteiger partial charge in [-0.25, -0.2) is 19.2 Å². The minimum Gasteiger partial charge on any atom is -0.508 e. The molecule has 0 unspecified atom stereocenters. The van der Waals surface area contributed by atoms with Crippen molar-refractivity contribution in [2.75, 3.05) is 105 Å². The van der Waals surface area contributed by atoms with Crippen molar-refractivity contribution in [1.82, 2.24) is 24.5 Å².